The van der Waals surface area contributed by atoms with Gasteiger partial charge < -0.3 is 10.5 Å². The van der Waals surface area contributed by atoms with E-state index < -0.39 is 5.41 Å². The molecule has 1 unspecified atom stereocenters. The molecule has 2 aliphatic carbocycles. The Bertz CT molecular complexity index is 1260. The van der Waals surface area contributed by atoms with Gasteiger partial charge in [0.15, 0.2) is 11.6 Å². The van der Waals surface area contributed by atoms with E-state index in [4.69, 9.17) is 10.5 Å². The number of ether oxygens (including phenoxy) is 1. The minimum Gasteiger partial charge on any atom is -0.473 e. The van der Waals surface area contributed by atoms with Crippen LogP contribution in [0.3, 0.4) is 0 Å². The summed E-state index contributed by atoms with van der Waals surface area (Å²) in [5.41, 5.74) is 6.20. The highest BCUT2D eigenvalue weighted by Gasteiger charge is 2.49. The predicted octanol–water partition coefficient (Wildman–Crippen LogP) is 3.10. The Morgan fingerprint density at radius 3 is 2.67 bits per heavy atom. The summed E-state index contributed by atoms with van der Waals surface area (Å²) in [6, 6.07) is 1.89. The third kappa shape index (κ3) is 4.41. The second-order valence-electron chi connectivity index (χ2n) is 10.2. The van der Waals surface area contributed by atoms with Gasteiger partial charge >= 0.3 is 4.87 Å². The summed E-state index contributed by atoms with van der Waals surface area (Å²) >= 11 is 1.06. The van der Waals surface area contributed by atoms with Gasteiger partial charge in [0.25, 0.3) is 0 Å². The molecule has 3 aliphatic rings. The van der Waals surface area contributed by atoms with Crippen LogP contribution in [0.4, 0.5) is 0 Å². The van der Waals surface area contributed by atoms with Crippen molar-refractivity contribution in [3.63, 3.8) is 0 Å². The molecule has 2 aromatic heterocycles. The van der Waals surface area contributed by atoms with Gasteiger partial charge in [0.2, 0.25) is 5.88 Å². The van der Waals surface area contributed by atoms with Gasteiger partial charge in [0.05, 0.1) is 11.1 Å². The van der Waals surface area contributed by atoms with Crippen molar-refractivity contribution >= 4 is 28.6 Å². The number of rotatable bonds is 5. The second kappa shape index (κ2) is 9.89. The molecule has 0 bridgehead atoms. The summed E-state index contributed by atoms with van der Waals surface area (Å²) < 4.78 is 7.68. The van der Waals surface area contributed by atoms with Crippen molar-refractivity contribution in [3.8, 4) is 11.7 Å². The van der Waals surface area contributed by atoms with E-state index >= 15 is 0 Å². The normalized spacial score (nSPS) is 27.4. The molecule has 1 saturated heterocycles. The van der Waals surface area contributed by atoms with Crippen LogP contribution in [0, 0.1) is 5.41 Å². The molecule has 9 nitrogen and oxygen atoms in total. The molecule has 2 aromatic rings. The van der Waals surface area contributed by atoms with Crippen LogP contribution < -0.4 is 15.3 Å². The molecule has 0 radical (unpaired) electrons. The zero-order valence-electron chi connectivity index (χ0n) is 20.9. The molecule has 3 atom stereocenters. The average Bonchev–Trinajstić information content (AvgIpc) is 3.49. The number of aromatic nitrogens is 3. The SMILES string of the molecule is C[C@H](Oc1cc(-n2ccsc2=O)nc(/C(N)=C2\CCC[C@@]3(CCCCC3=O)C2=O)n1)C1CCCN1C. The van der Waals surface area contributed by atoms with Crippen LogP contribution >= 0.6 is 11.3 Å². The molecule has 1 spiro atoms. The molecule has 5 rings (SSSR count). The lowest BCUT2D eigenvalue weighted by atomic mass is 9.62. The minimum absolute atomic E-state index is 0.0294. The van der Waals surface area contributed by atoms with Gasteiger partial charge in [-0.1, -0.05) is 17.8 Å². The minimum atomic E-state index is -0.959. The molecular formula is C26H33N5O4S. The lowest BCUT2D eigenvalue weighted by Gasteiger charge is -2.38. The molecule has 2 N–H and O–H groups in total. The average molecular weight is 512 g/mol. The van der Waals surface area contributed by atoms with Crippen LogP contribution in [0.5, 0.6) is 5.88 Å². The molecular weight excluding hydrogens is 478 g/mol. The van der Waals surface area contributed by atoms with Gasteiger partial charge in [0, 0.05) is 35.7 Å². The number of hydrogen-bond donors (Lipinski definition) is 1. The summed E-state index contributed by atoms with van der Waals surface area (Å²) in [6.07, 6.45) is 8.13. The van der Waals surface area contributed by atoms with Crippen LogP contribution in [-0.2, 0) is 9.59 Å². The standard InChI is InChI=1S/C26H33N5O4S/c1-16(18-8-6-12-30(18)2)35-21-15-20(31-13-14-36-25(31)34)28-24(29-21)22(27)17-7-5-11-26(23(17)33)10-4-3-9-19(26)32/h13-16,18H,3-12,27H2,1-2H3/b22-17-/t16-,18?,26+/m0/s1. The topological polar surface area (TPSA) is 120 Å². The van der Waals surface area contributed by atoms with Gasteiger partial charge in [-0.05, 0) is 65.5 Å². The molecule has 2 saturated carbocycles. The highest BCUT2D eigenvalue weighted by molar-refractivity contribution is 7.07. The molecule has 1 aliphatic heterocycles. The second-order valence-corrected chi connectivity index (χ2v) is 11.1. The Kier molecular flexibility index (Phi) is 6.82. The van der Waals surface area contributed by atoms with E-state index in [0.29, 0.717) is 49.4 Å². The zero-order valence-corrected chi connectivity index (χ0v) is 21.7. The van der Waals surface area contributed by atoms with Gasteiger partial charge in [-0.3, -0.25) is 23.9 Å². The first-order valence-corrected chi connectivity index (χ1v) is 13.7. The van der Waals surface area contributed by atoms with Crippen LogP contribution in [0.2, 0.25) is 0 Å². The fourth-order valence-corrected chi connectivity index (χ4v) is 6.59. The maximum atomic E-state index is 13.7. The van der Waals surface area contributed by atoms with Gasteiger partial charge in [-0.15, -0.1) is 0 Å². The van der Waals surface area contributed by atoms with E-state index in [1.807, 2.05) is 6.92 Å². The number of carbonyl (C=O) groups is 2. The third-order valence-corrected chi connectivity index (χ3v) is 8.69. The van der Waals surface area contributed by atoms with Crippen LogP contribution in [0.1, 0.15) is 70.5 Å². The van der Waals surface area contributed by atoms with E-state index in [1.165, 1.54) is 4.57 Å². The number of carbonyl (C=O) groups excluding carboxylic acids is 2. The summed E-state index contributed by atoms with van der Waals surface area (Å²) in [5, 5.41) is 1.69. The molecule has 0 aromatic carbocycles. The number of allylic oxidation sites excluding steroid dienone is 1. The Hall–Kier alpha value is -2.85. The van der Waals surface area contributed by atoms with E-state index in [9.17, 15) is 14.4 Å². The summed E-state index contributed by atoms with van der Waals surface area (Å²) in [7, 11) is 2.08. The van der Waals surface area contributed by atoms with Crippen molar-refractivity contribution in [2.24, 2.45) is 11.1 Å². The van der Waals surface area contributed by atoms with E-state index in [0.717, 1.165) is 43.6 Å². The number of thiazole rings is 1. The number of Topliss-reactive ketones (excluding diaryl/α,β-unsaturated/α-hetero) is 2. The maximum absolute atomic E-state index is 13.7. The third-order valence-electron chi connectivity index (χ3n) is 8.03. The Morgan fingerprint density at radius 1 is 1.17 bits per heavy atom. The summed E-state index contributed by atoms with van der Waals surface area (Å²) in [5.74, 6) is 0.638. The fraction of sp³-hybridized carbons (Fsp3) is 0.577. The number of nitrogens with two attached hydrogens (primary N) is 1. The molecule has 3 heterocycles. The van der Waals surface area contributed by atoms with Crippen molar-refractivity contribution in [1.82, 2.24) is 19.4 Å². The van der Waals surface area contributed by atoms with Crippen LogP contribution in [0.15, 0.2) is 28.0 Å². The molecule has 36 heavy (non-hydrogen) atoms. The Balaban J connectivity index is 1.55. The predicted molar refractivity (Wildman–Crippen MR) is 137 cm³/mol. The lowest BCUT2D eigenvalue weighted by Crippen LogP contribution is -2.45. The molecule has 0 amide bonds. The van der Waals surface area contributed by atoms with Crippen molar-refractivity contribution in [3.05, 3.63) is 38.7 Å². The fourth-order valence-electron chi connectivity index (χ4n) is 6.02. The van der Waals surface area contributed by atoms with Crippen LogP contribution in [-0.4, -0.2) is 56.7 Å². The number of likely N-dealkylation sites (tertiary alicyclic amines) is 1. The van der Waals surface area contributed by atoms with Crippen molar-refractivity contribution < 1.29 is 14.3 Å². The Morgan fingerprint density at radius 2 is 1.97 bits per heavy atom. The first-order chi connectivity index (χ1) is 17.3. The maximum Gasteiger partial charge on any atom is 0.312 e. The number of likely N-dealkylation sites (N-methyl/N-ethyl adjacent to an activating group) is 1. The number of ketones is 2. The highest BCUT2D eigenvalue weighted by atomic mass is 32.1. The number of hydrogen-bond acceptors (Lipinski definition) is 9. The summed E-state index contributed by atoms with van der Waals surface area (Å²) in [6.45, 7) is 3.03. The van der Waals surface area contributed by atoms with E-state index in [2.05, 4.69) is 21.9 Å². The van der Waals surface area contributed by atoms with Gasteiger partial charge in [0.1, 0.15) is 17.7 Å². The highest BCUT2D eigenvalue weighted by Crippen LogP contribution is 2.45. The van der Waals surface area contributed by atoms with Crippen molar-refractivity contribution in [2.75, 3.05) is 13.6 Å². The van der Waals surface area contributed by atoms with Gasteiger partial charge in [-0.25, -0.2) is 4.98 Å². The van der Waals surface area contributed by atoms with Crippen LogP contribution in [0.25, 0.3) is 11.5 Å². The lowest BCUT2D eigenvalue weighted by molar-refractivity contribution is -0.143. The van der Waals surface area contributed by atoms with Gasteiger partial charge in [-0.2, -0.15) is 4.98 Å². The van der Waals surface area contributed by atoms with Crippen molar-refractivity contribution in [1.29, 1.82) is 0 Å². The largest absolute Gasteiger partial charge is 0.473 e. The molecule has 3 fully saturated rings. The Labute approximate surface area is 214 Å². The molecule has 192 valence electrons. The smallest absolute Gasteiger partial charge is 0.312 e. The van der Waals surface area contributed by atoms with E-state index in [-0.39, 0.29) is 40.1 Å². The quantitative estimate of drug-likeness (QED) is 0.480. The van der Waals surface area contributed by atoms with E-state index in [1.54, 1.807) is 17.6 Å². The summed E-state index contributed by atoms with van der Waals surface area (Å²) in [4.78, 5) is 50.2. The number of nitrogens with zero attached hydrogens (tertiary/aromatic N) is 4. The zero-order chi connectivity index (χ0) is 25.4. The first kappa shape index (κ1) is 24.8. The first-order valence-electron chi connectivity index (χ1n) is 12.8. The molecule has 10 heteroatoms. The van der Waals surface area contributed by atoms with Crippen molar-refractivity contribution in [2.45, 2.75) is 76.9 Å². The monoisotopic (exact) mass is 511 g/mol.